The summed E-state index contributed by atoms with van der Waals surface area (Å²) in [6.07, 6.45) is 10.0. The number of aromatic nitrogens is 2. The molecule has 0 fully saturated rings. The molecule has 0 aliphatic carbocycles. The Labute approximate surface area is 104 Å². The Bertz CT molecular complexity index is 286. The van der Waals surface area contributed by atoms with Crippen LogP contribution in [0.1, 0.15) is 39.0 Å². The summed E-state index contributed by atoms with van der Waals surface area (Å²) in [5.74, 6) is 0.984. The number of hydrogen-bond donors (Lipinski definition) is 1. The number of imidazole rings is 1. The van der Waals surface area contributed by atoms with E-state index in [0.717, 1.165) is 32.1 Å². The fourth-order valence-corrected chi connectivity index (χ4v) is 1.79. The van der Waals surface area contributed by atoms with Crippen LogP contribution in [0.4, 0.5) is 5.95 Å². The van der Waals surface area contributed by atoms with E-state index in [1.165, 1.54) is 25.7 Å². The van der Waals surface area contributed by atoms with Gasteiger partial charge in [0, 0.05) is 39.2 Å². The molecular weight excluding hydrogens is 214 g/mol. The average Bonchev–Trinajstić information content (AvgIpc) is 2.77. The largest absolute Gasteiger partial charge is 0.385 e. The molecule has 1 heterocycles. The number of aryl methyl sites for hydroxylation is 1. The number of ether oxygens (including phenoxy) is 1. The molecule has 4 heteroatoms. The summed E-state index contributed by atoms with van der Waals surface area (Å²) in [6, 6.07) is 0. The van der Waals surface area contributed by atoms with Crippen LogP contribution in [0.3, 0.4) is 0 Å². The lowest BCUT2D eigenvalue weighted by molar-refractivity contribution is 0.190. The maximum Gasteiger partial charge on any atom is 0.202 e. The summed E-state index contributed by atoms with van der Waals surface area (Å²) in [7, 11) is 1.74. The minimum absolute atomic E-state index is 0.800. The van der Waals surface area contributed by atoms with E-state index in [1.54, 1.807) is 7.11 Å². The molecule has 1 aromatic heterocycles. The fraction of sp³-hybridized carbons (Fsp3) is 0.769. The third-order valence-corrected chi connectivity index (χ3v) is 2.78. The number of unbranched alkanes of at least 4 members (excludes halogenated alkanes) is 3. The van der Waals surface area contributed by atoms with Crippen molar-refractivity contribution in [3.8, 4) is 0 Å². The molecule has 4 nitrogen and oxygen atoms in total. The lowest BCUT2D eigenvalue weighted by Crippen LogP contribution is -2.09. The van der Waals surface area contributed by atoms with Crippen LogP contribution < -0.4 is 5.32 Å². The maximum absolute atomic E-state index is 5.05. The molecular formula is C13H25N3O. The Morgan fingerprint density at radius 3 is 2.94 bits per heavy atom. The van der Waals surface area contributed by atoms with Gasteiger partial charge in [-0.2, -0.15) is 0 Å². The highest BCUT2D eigenvalue weighted by Gasteiger charge is 2.00. The van der Waals surface area contributed by atoms with E-state index in [4.69, 9.17) is 4.74 Å². The van der Waals surface area contributed by atoms with Crippen molar-refractivity contribution in [3.63, 3.8) is 0 Å². The minimum Gasteiger partial charge on any atom is -0.385 e. The van der Waals surface area contributed by atoms with Crippen LogP contribution in [0, 0.1) is 0 Å². The van der Waals surface area contributed by atoms with Crippen molar-refractivity contribution in [2.75, 3.05) is 25.6 Å². The molecule has 98 valence electrons. The Morgan fingerprint density at radius 1 is 1.29 bits per heavy atom. The first kappa shape index (κ1) is 14.0. The van der Waals surface area contributed by atoms with E-state index >= 15 is 0 Å². The lowest BCUT2D eigenvalue weighted by atomic mass is 10.2. The predicted molar refractivity (Wildman–Crippen MR) is 71.4 cm³/mol. The topological polar surface area (TPSA) is 39.1 Å². The minimum atomic E-state index is 0.800. The van der Waals surface area contributed by atoms with Crippen LogP contribution in [0.15, 0.2) is 12.4 Å². The van der Waals surface area contributed by atoms with Crippen molar-refractivity contribution in [2.45, 2.75) is 45.6 Å². The second-order valence-electron chi connectivity index (χ2n) is 4.28. The number of hydrogen-bond acceptors (Lipinski definition) is 3. The van der Waals surface area contributed by atoms with Crippen LogP contribution in [0.2, 0.25) is 0 Å². The van der Waals surface area contributed by atoms with E-state index in [1.807, 2.05) is 12.4 Å². The van der Waals surface area contributed by atoms with Crippen LogP contribution >= 0.6 is 0 Å². The third kappa shape index (κ3) is 5.73. The van der Waals surface area contributed by atoms with E-state index in [2.05, 4.69) is 21.8 Å². The molecule has 0 spiro atoms. The van der Waals surface area contributed by atoms with Gasteiger partial charge >= 0.3 is 0 Å². The first-order valence-electron chi connectivity index (χ1n) is 6.62. The molecule has 0 aromatic carbocycles. The molecule has 0 amide bonds. The Kier molecular flexibility index (Phi) is 7.47. The van der Waals surface area contributed by atoms with Crippen molar-refractivity contribution in [2.24, 2.45) is 0 Å². The first-order valence-corrected chi connectivity index (χ1v) is 6.62. The summed E-state index contributed by atoms with van der Waals surface area (Å²) >= 11 is 0. The lowest BCUT2D eigenvalue weighted by Gasteiger charge is -2.09. The summed E-state index contributed by atoms with van der Waals surface area (Å²) in [5.41, 5.74) is 0. The highest BCUT2D eigenvalue weighted by atomic mass is 16.5. The summed E-state index contributed by atoms with van der Waals surface area (Å²) in [6.45, 7) is 5.01. The average molecular weight is 239 g/mol. The maximum atomic E-state index is 5.05. The highest BCUT2D eigenvalue weighted by molar-refractivity contribution is 5.25. The number of nitrogens with one attached hydrogen (secondary N) is 1. The molecule has 0 aliphatic heterocycles. The van der Waals surface area contributed by atoms with Crippen LogP contribution in [-0.4, -0.2) is 29.8 Å². The first-order chi connectivity index (χ1) is 8.38. The van der Waals surface area contributed by atoms with Crippen molar-refractivity contribution >= 4 is 5.95 Å². The number of nitrogens with zero attached hydrogens (tertiary/aromatic N) is 2. The van der Waals surface area contributed by atoms with Crippen LogP contribution in [-0.2, 0) is 11.3 Å². The zero-order valence-electron chi connectivity index (χ0n) is 11.1. The second kappa shape index (κ2) is 9.05. The Morgan fingerprint density at radius 2 is 2.18 bits per heavy atom. The zero-order valence-corrected chi connectivity index (χ0v) is 11.1. The van der Waals surface area contributed by atoms with Gasteiger partial charge in [-0.05, 0) is 12.8 Å². The third-order valence-electron chi connectivity index (χ3n) is 2.78. The van der Waals surface area contributed by atoms with E-state index in [0.29, 0.717) is 0 Å². The summed E-state index contributed by atoms with van der Waals surface area (Å²) in [4.78, 5) is 4.32. The molecule has 0 radical (unpaired) electrons. The number of rotatable bonds is 10. The molecule has 17 heavy (non-hydrogen) atoms. The van der Waals surface area contributed by atoms with Crippen molar-refractivity contribution < 1.29 is 4.74 Å². The molecule has 0 saturated carbocycles. The van der Waals surface area contributed by atoms with E-state index in [-0.39, 0.29) is 0 Å². The molecule has 1 rings (SSSR count). The molecule has 0 atom stereocenters. The van der Waals surface area contributed by atoms with E-state index in [9.17, 15) is 0 Å². The monoisotopic (exact) mass is 239 g/mol. The summed E-state index contributed by atoms with van der Waals surface area (Å²) < 4.78 is 7.20. The van der Waals surface area contributed by atoms with Crippen molar-refractivity contribution in [1.82, 2.24) is 9.55 Å². The molecule has 1 aromatic rings. The van der Waals surface area contributed by atoms with Gasteiger partial charge in [-0.15, -0.1) is 0 Å². The Hall–Kier alpha value is -1.03. The van der Waals surface area contributed by atoms with Gasteiger partial charge < -0.3 is 14.6 Å². The standard InChI is InChI=1S/C13H25N3O/c1-3-4-5-6-8-14-13-15-9-11-16(13)10-7-12-17-2/h9,11H,3-8,10,12H2,1-2H3,(H,14,15). The van der Waals surface area contributed by atoms with Gasteiger partial charge in [-0.1, -0.05) is 26.2 Å². The molecule has 0 aliphatic rings. The normalized spacial score (nSPS) is 10.7. The molecule has 0 unspecified atom stereocenters. The van der Waals surface area contributed by atoms with Crippen LogP contribution in [0.5, 0.6) is 0 Å². The smallest absolute Gasteiger partial charge is 0.202 e. The van der Waals surface area contributed by atoms with Gasteiger partial charge in [0.2, 0.25) is 5.95 Å². The molecule has 0 bridgehead atoms. The van der Waals surface area contributed by atoms with Gasteiger partial charge in [0.05, 0.1) is 0 Å². The SMILES string of the molecule is CCCCCCNc1nccn1CCCOC. The van der Waals surface area contributed by atoms with Crippen molar-refractivity contribution in [3.05, 3.63) is 12.4 Å². The predicted octanol–water partition coefficient (Wildman–Crippen LogP) is 2.91. The van der Waals surface area contributed by atoms with Crippen molar-refractivity contribution in [1.29, 1.82) is 0 Å². The Balaban J connectivity index is 2.20. The zero-order chi connectivity index (χ0) is 12.3. The van der Waals surface area contributed by atoms with Crippen LogP contribution in [0.25, 0.3) is 0 Å². The second-order valence-corrected chi connectivity index (χ2v) is 4.28. The number of anilines is 1. The van der Waals surface area contributed by atoms with E-state index < -0.39 is 0 Å². The molecule has 0 saturated heterocycles. The molecule has 1 N–H and O–H groups in total. The van der Waals surface area contributed by atoms with Gasteiger partial charge in [0.25, 0.3) is 0 Å². The van der Waals surface area contributed by atoms with Gasteiger partial charge in [0.15, 0.2) is 0 Å². The van der Waals surface area contributed by atoms with Gasteiger partial charge in [-0.25, -0.2) is 4.98 Å². The fourth-order valence-electron chi connectivity index (χ4n) is 1.79. The quantitative estimate of drug-likeness (QED) is 0.638. The van der Waals surface area contributed by atoms with Gasteiger partial charge in [0.1, 0.15) is 0 Å². The number of methoxy groups -OCH3 is 1. The van der Waals surface area contributed by atoms with Gasteiger partial charge in [-0.3, -0.25) is 0 Å². The highest BCUT2D eigenvalue weighted by Crippen LogP contribution is 2.06. The summed E-state index contributed by atoms with van der Waals surface area (Å²) in [5, 5.41) is 3.39.